The first-order chi connectivity index (χ1) is 11.5. The van der Waals surface area contributed by atoms with E-state index >= 15 is 0 Å². The third kappa shape index (κ3) is 6.82. The van der Waals surface area contributed by atoms with Crippen LogP contribution in [0.15, 0.2) is 48.1 Å². The molecule has 0 aromatic rings. The van der Waals surface area contributed by atoms with E-state index in [9.17, 15) is 10.0 Å². The first kappa shape index (κ1) is 21.0. The Morgan fingerprint density at radius 1 is 1.12 bits per heavy atom. The maximum Gasteiger partial charge on any atom is 0.459 e. The minimum absolute atomic E-state index is 0.109. The van der Waals surface area contributed by atoms with Gasteiger partial charge in [0.1, 0.15) is 0 Å². The smallest absolute Gasteiger partial charge is 0.427 e. The summed E-state index contributed by atoms with van der Waals surface area (Å²) in [6.07, 6.45) is 18.4. The molecule has 2 N–H and O–H groups in total. The SMILES string of the molecule is C=C(CCCCCC/C(=C\C)C(CC)B(O)O)[C@@H]1C=CC=CC1C. The molecule has 24 heavy (non-hydrogen) atoms. The van der Waals surface area contributed by atoms with Gasteiger partial charge in [-0.05, 0) is 38.5 Å². The van der Waals surface area contributed by atoms with Crippen molar-refractivity contribution < 1.29 is 10.0 Å². The quantitative estimate of drug-likeness (QED) is 0.300. The highest BCUT2D eigenvalue weighted by Crippen LogP contribution is 2.30. The van der Waals surface area contributed by atoms with Gasteiger partial charge in [-0.15, -0.1) is 0 Å². The number of rotatable bonds is 11. The zero-order valence-electron chi connectivity index (χ0n) is 15.7. The fraction of sp³-hybridized carbons (Fsp3) is 0.619. The molecule has 0 heterocycles. The van der Waals surface area contributed by atoms with E-state index < -0.39 is 7.12 Å². The van der Waals surface area contributed by atoms with Gasteiger partial charge >= 0.3 is 7.12 Å². The number of hydrogen-bond acceptors (Lipinski definition) is 2. The lowest BCUT2D eigenvalue weighted by molar-refractivity contribution is 0.387. The summed E-state index contributed by atoms with van der Waals surface area (Å²) in [4.78, 5) is 0. The lowest BCUT2D eigenvalue weighted by Crippen LogP contribution is -2.21. The molecule has 1 aliphatic rings. The summed E-state index contributed by atoms with van der Waals surface area (Å²) in [5.41, 5.74) is 2.54. The molecule has 0 amide bonds. The Kier molecular flexibility index (Phi) is 10.0. The van der Waals surface area contributed by atoms with Crippen LogP contribution in [-0.4, -0.2) is 17.2 Å². The zero-order chi connectivity index (χ0) is 17.9. The Hall–Kier alpha value is -1.06. The van der Waals surface area contributed by atoms with Crippen molar-refractivity contribution >= 4 is 7.12 Å². The lowest BCUT2D eigenvalue weighted by Gasteiger charge is -2.23. The summed E-state index contributed by atoms with van der Waals surface area (Å²) < 4.78 is 0. The predicted molar refractivity (Wildman–Crippen MR) is 106 cm³/mol. The number of hydrogen-bond donors (Lipinski definition) is 2. The molecule has 0 aromatic carbocycles. The normalized spacial score (nSPS) is 21.8. The fourth-order valence-corrected chi connectivity index (χ4v) is 3.64. The molecule has 2 unspecified atom stereocenters. The Morgan fingerprint density at radius 3 is 2.29 bits per heavy atom. The van der Waals surface area contributed by atoms with Crippen molar-refractivity contribution in [3.63, 3.8) is 0 Å². The third-order valence-electron chi connectivity index (χ3n) is 5.24. The molecule has 1 rings (SSSR count). The molecule has 0 bridgehead atoms. The van der Waals surface area contributed by atoms with Crippen molar-refractivity contribution in [2.75, 3.05) is 0 Å². The van der Waals surface area contributed by atoms with Crippen LogP contribution in [0.5, 0.6) is 0 Å². The molecule has 0 aromatic heterocycles. The highest BCUT2D eigenvalue weighted by atomic mass is 16.4. The Labute approximate surface area is 149 Å². The largest absolute Gasteiger partial charge is 0.459 e. The van der Waals surface area contributed by atoms with Crippen LogP contribution in [0.1, 0.15) is 65.7 Å². The molecule has 0 fully saturated rings. The van der Waals surface area contributed by atoms with Gasteiger partial charge in [-0.25, -0.2) is 0 Å². The molecular weight excluding hydrogens is 295 g/mol. The van der Waals surface area contributed by atoms with Gasteiger partial charge < -0.3 is 10.0 Å². The Morgan fingerprint density at radius 2 is 1.75 bits per heavy atom. The van der Waals surface area contributed by atoms with E-state index in [4.69, 9.17) is 0 Å². The van der Waals surface area contributed by atoms with Crippen LogP contribution in [0, 0.1) is 11.8 Å². The molecular formula is C21H35BO2. The van der Waals surface area contributed by atoms with Crippen LogP contribution in [0.3, 0.4) is 0 Å². The van der Waals surface area contributed by atoms with Crippen molar-refractivity contribution in [2.45, 2.75) is 71.5 Å². The lowest BCUT2D eigenvalue weighted by atomic mass is 9.66. The van der Waals surface area contributed by atoms with Crippen LogP contribution < -0.4 is 0 Å². The van der Waals surface area contributed by atoms with Gasteiger partial charge in [0.15, 0.2) is 0 Å². The van der Waals surface area contributed by atoms with Gasteiger partial charge in [0.2, 0.25) is 0 Å². The van der Waals surface area contributed by atoms with Gasteiger partial charge in [-0.2, -0.15) is 0 Å². The highest BCUT2D eigenvalue weighted by molar-refractivity contribution is 6.44. The summed E-state index contributed by atoms with van der Waals surface area (Å²) in [5, 5.41) is 18.9. The molecule has 3 atom stereocenters. The topological polar surface area (TPSA) is 40.5 Å². The van der Waals surface area contributed by atoms with Crippen LogP contribution in [0.2, 0.25) is 5.82 Å². The third-order valence-corrected chi connectivity index (χ3v) is 5.24. The zero-order valence-corrected chi connectivity index (χ0v) is 15.7. The van der Waals surface area contributed by atoms with E-state index in [2.05, 4.69) is 43.9 Å². The molecule has 0 saturated heterocycles. The van der Waals surface area contributed by atoms with Gasteiger partial charge in [-0.1, -0.05) is 81.2 Å². The van der Waals surface area contributed by atoms with E-state index in [1.54, 1.807) is 0 Å². The van der Waals surface area contributed by atoms with Crippen LogP contribution in [0.4, 0.5) is 0 Å². The number of allylic oxidation sites excluding steroid dienone is 7. The van der Waals surface area contributed by atoms with Gasteiger partial charge in [0.25, 0.3) is 0 Å². The molecule has 3 heteroatoms. The first-order valence-corrected chi connectivity index (χ1v) is 9.55. The number of unbranched alkanes of at least 4 members (excludes halogenated alkanes) is 3. The van der Waals surface area contributed by atoms with E-state index in [0.717, 1.165) is 25.7 Å². The molecule has 0 aliphatic heterocycles. The van der Waals surface area contributed by atoms with Crippen molar-refractivity contribution in [1.82, 2.24) is 0 Å². The highest BCUT2D eigenvalue weighted by Gasteiger charge is 2.24. The second-order valence-electron chi connectivity index (χ2n) is 7.02. The van der Waals surface area contributed by atoms with E-state index in [1.165, 1.54) is 30.4 Å². The van der Waals surface area contributed by atoms with Crippen molar-refractivity contribution in [1.29, 1.82) is 0 Å². The second-order valence-corrected chi connectivity index (χ2v) is 7.02. The second kappa shape index (κ2) is 11.5. The molecule has 0 saturated carbocycles. The summed E-state index contributed by atoms with van der Waals surface area (Å²) in [5.74, 6) is 0.957. The molecule has 2 nitrogen and oxygen atoms in total. The minimum atomic E-state index is -1.23. The van der Waals surface area contributed by atoms with Gasteiger partial charge in [0, 0.05) is 11.7 Å². The van der Waals surface area contributed by atoms with Crippen LogP contribution in [0.25, 0.3) is 0 Å². The van der Waals surface area contributed by atoms with Crippen LogP contribution in [-0.2, 0) is 0 Å². The van der Waals surface area contributed by atoms with Gasteiger partial charge in [0.05, 0.1) is 0 Å². The summed E-state index contributed by atoms with van der Waals surface area (Å²) in [6, 6.07) is 0. The molecule has 0 spiro atoms. The average Bonchev–Trinajstić information content (AvgIpc) is 2.56. The Bertz CT molecular complexity index is 462. The fourth-order valence-electron chi connectivity index (χ4n) is 3.64. The standard InChI is InChI=1S/C21H35BO2/c1-5-19(21(6-2)22(23)24)15-10-8-7-9-13-17(3)20-16-12-11-14-18(20)4/h5,11-12,14,16,18,20-21,23-24H,3,6-10,13,15H2,1-2,4H3/b19-5+/t18?,20-,21?/m0/s1. The van der Waals surface area contributed by atoms with Crippen molar-refractivity contribution in [3.8, 4) is 0 Å². The summed E-state index contributed by atoms with van der Waals surface area (Å²) >= 11 is 0. The monoisotopic (exact) mass is 330 g/mol. The van der Waals surface area contributed by atoms with E-state index in [-0.39, 0.29) is 5.82 Å². The molecule has 1 aliphatic carbocycles. The minimum Gasteiger partial charge on any atom is -0.427 e. The predicted octanol–water partition coefficient (Wildman–Crippen LogP) is 5.46. The summed E-state index contributed by atoms with van der Waals surface area (Å²) in [6.45, 7) is 10.6. The van der Waals surface area contributed by atoms with Crippen LogP contribution >= 0.6 is 0 Å². The van der Waals surface area contributed by atoms with Crippen molar-refractivity contribution in [3.05, 3.63) is 48.1 Å². The maximum absolute atomic E-state index is 9.46. The molecule has 0 radical (unpaired) electrons. The molecule has 134 valence electrons. The average molecular weight is 330 g/mol. The Balaban J connectivity index is 2.21. The van der Waals surface area contributed by atoms with Crippen molar-refractivity contribution in [2.24, 2.45) is 11.8 Å². The van der Waals surface area contributed by atoms with E-state index in [0.29, 0.717) is 11.8 Å². The first-order valence-electron chi connectivity index (χ1n) is 9.55. The summed E-state index contributed by atoms with van der Waals surface area (Å²) in [7, 11) is -1.23. The maximum atomic E-state index is 9.46. The van der Waals surface area contributed by atoms with Gasteiger partial charge in [-0.3, -0.25) is 0 Å². The van der Waals surface area contributed by atoms with E-state index in [1.807, 2.05) is 13.8 Å².